The maximum absolute atomic E-state index is 11.5. The summed E-state index contributed by atoms with van der Waals surface area (Å²) in [5, 5.41) is 9.75. The highest BCUT2D eigenvalue weighted by atomic mass is 16.5. The third kappa shape index (κ3) is 3.75. The molecule has 2 rings (SSSR count). The van der Waals surface area contributed by atoms with Crippen LogP contribution < -0.4 is 4.74 Å². The van der Waals surface area contributed by atoms with E-state index in [1.807, 2.05) is 30.3 Å². The van der Waals surface area contributed by atoms with Crippen LogP contribution in [0.15, 0.2) is 48.5 Å². The number of phenols is 1. The molecule has 0 aliphatic rings. The first-order chi connectivity index (χ1) is 9.69. The van der Waals surface area contributed by atoms with Crippen LogP contribution in [0.2, 0.25) is 0 Å². The fourth-order valence-corrected chi connectivity index (χ4v) is 1.76. The second kappa shape index (κ2) is 6.61. The van der Waals surface area contributed by atoms with Crippen molar-refractivity contribution in [2.75, 3.05) is 6.61 Å². The third-order valence-electron chi connectivity index (χ3n) is 2.67. The molecule has 2 aromatic carbocycles. The molecule has 0 unspecified atom stereocenters. The number of esters is 1. The predicted octanol–water partition coefficient (Wildman–Crippen LogP) is 3.29. The zero-order valence-corrected chi connectivity index (χ0v) is 11.2. The molecule has 20 heavy (non-hydrogen) atoms. The molecule has 1 N–H and O–H groups in total. The second-order valence-corrected chi connectivity index (χ2v) is 4.19. The van der Waals surface area contributed by atoms with Crippen molar-refractivity contribution in [3.63, 3.8) is 0 Å². The first kappa shape index (κ1) is 13.9. The van der Waals surface area contributed by atoms with Gasteiger partial charge in [0.1, 0.15) is 17.2 Å². The summed E-state index contributed by atoms with van der Waals surface area (Å²) in [4.78, 5) is 11.5. The molecule has 0 aromatic heterocycles. The van der Waals surface area contributed by atoms with Crippen LogP contribution in [0.25, 0.3) is 0 Å². The molecule has 0 heterocycles. The molecule has 0 aliphatic heterocycles. The fraction of sp³-hybridized carbons (Fsp3) is 0.188. The van der Waals surface area contributed by atoms with Gasteiger partial charge in [0.25, 0.3) is 0 Å². The lowest BCUT2D eigenvalue weighted by molar-refractivity contribution is -0.142. The van der Waals surface area contributed by atoms with E-state index in [1.165, 1.54) is 6.07 Å². The van der Waals surface area contributed by atoms with E-state index in [1.54, 1.807) is 19.1 Å². The number of hydrogen-bond acceptors (Lipinski definition) is 4. The number of carbonyl (C=O) groups is 1. The Morgan fingerprint density at radius 1 is 1.10 bits per heavy atom. The summed E-state index contributed by atoms with van der Waals surface area (Å²) in [6.07, 6.45) is 0.0195. The summed E-state index contributed by atoms with van der Waals surface area (Å²) >= 11 is 0. The molecule has 0 radical (unpaired) electrons. The Bertz CT molecular complexity index is 578. The zero-order valence-electron chi connectivity index (χ0n) is 11.2. The van der Waals surface area contributed by atoms with Crippen molar-refractivity contribution in [1.82, 2.24) is 0 Å². The monoisotopic (exact) mass is 272 g/mol. The van der Waals surface area contributed by atoms with E-state index in [4.69, 9.17) is 9.47 Å². The molecular formula is C16H16O4. The highest BCUT2D eigenvalue weighted by molar-refractivity contribution is 5.73. The van der Waals surface area contributed by atoms with E-state index >= 15 is 0 Å². The molecule has 4 nitrogen and oxygen atoms in total. The van der Waals surface area contributed by atoms with E-state index in [0.717, 1.165) is 0 Å². The lowest BCUT2D eigenvalue weighted by Gasteiger charge is -2.09. The van der Waals surface area contributed by atoms with Crippen molar-refractivity contribution < 1.29 is 19.4 Å². The van der Waals surface area contributed by atoms with Gasteiger partial charge in [0.05, 0.1) is 13.0 Å². The van der Waals surface area contributed by atoms with Gasteiger partial charge in [-0.05, 0) is 37.3 Å². The van der Waals surface area contributed by atoms with Crippen LogP contribution in [0.1, 0.15) is 12.5 Å². The first-order valence-electron chi connectivity index (χ1n) is 6.39. The van der Waals surface area contributed by atoms with Gasteiger partial charge in [0.15, 0.2) is 0 Å². The Kier molecular flexibility index (Phi) is 4.60. The van der Waals surface area contributed by atoms with Crippen LogP contribution in [0.4, 0.5) is 0 Å². The van der Waals surface area contributed by atoms with Crippen molar-refractivity contribution in [1.29, 1.82) is 0 Å². The topological polar surface area (TPSA) is 55.8 Å². The van der Waals surface area contributed by atoms with Crippen LogP contribution in [0.5, 0.6) is 17.2 Å². The van der Waals surface area contributed by atoms with Crippen LogP contribution in [-0.2, 0) is 16.0 Å². The Morgan fingerprint density at radius 3 is 2.55 bits per heavy atom. The standard InChI is InChI=1S/C16H16O4/c1-2-19-16(18)11-12-10-14(8-9-15(12)17)20-13-6-4-3-5-7-13/h3-10,17H,2,11H2,1H3. The average Bonchev–Trinajstić information content (AvgIpc) is 2.44. The average molecular weight is 272 g/mol. The normalized spacial score (nSPS) is 10.1. The highest BCUT2D eigenvalue weighted by Crippen LogP contribution is 2.27. The summed E-state index contributed by atoms with van der Waals surface area (Å²) in [6.45, 7) is 2.06. The van der Waals surface area contributed by atoms with Gasteiger partial charge < -0.3 is 14.6 Å². The molecular weight excluding hydrogens is 256 g/mol. The van der Waals surface area contributed by atoms with E-state index in [0.29, 0.717) is 23.7 Å². The second-order valence-electron chi connectivity index (χ2n) is 4.19. The van der Waals surface area contributed by atoms with Crippen LogP contribution in [-0.4, -0.2) is 17.7 Å². The van der Waals surface area contributed by atoms with Crippen molar-refractivity contribution in [3.8, 4) is 17.2 Å². The highest BCUT2D eigenvalue weighted by Gasteiger charge is 2.10. The van der Waals surface area contributed by atoms with Gasteiger partial charge in [-0.3, -0.25) is 4.79 Å². The van der Waals surface area contributed by atoms with Crippen molar-refractivity contribution in [2.24, 2.45) is 0 Å². The molecule has 0 spiro atoms. The van der Waals surface area contributed by atoms with Crippen molar-refractivity contribution in [2.45, 2.75) is 13.3 Å². The molecule has 0 bridgehead atoms. The number of para-hydroxylation sites is 1. The van der Waals surface area contributed by atoms with Gasteiger partial charge in [-0.15, -0.1) is 0 Å². The number of carbonyl (C=O) groups excluding carboxylic acids is 1. The Balaban J connectivity index is 2.14. The number of rotatable bonds is 5. The van der Waals surface area contributed by atoms with E-state index in [9.17, 15) is 9.90 Å². The van der Waals surface area contributed by atoms with Crippen molar-refractivity contribution in [3.05, 3.63) is 54.1 Å². The lowest BCUT2D eigenvalue weighted by Crippen LogP contribution is -2.07. The molecule has 4 heteroatoms. The molecule has 0 amide bonds. The smallest absolute Gasteiger partial charge is 0.310 e. The van der Waals surface area contributed by atoms with Gasteiger partial charge >= 0.3 is 5.97 Å². The zero-order chi connectivity index (χ0) is 14.4. The van der Waals surface area contributed by atoms with E-state index in [2.05, 4.69) is 0 Å². The number of aromatic hydroxyl groups is 1. The maximum Gasteiger partial charge on any atom is 0.310 e. The number of phenolic OH excluding ortho intramolecular Hbond substituents is 1. The van der Waals surface area contributed by atoms with Crippen LogP contribution in [0.3, 0.4) is 0 Å². The summed E-state index contributed by atoms with van der Waals surface area (Å²) in [5.74, 6) is 0.937. The quantitative estimate of drug-likeness (QED) is 0.848. The molecule has 104 valence electrons. The molecule has 0 saturated carbocycles. The third-order valence-corrected chi connectivity index (χ3v) is 2.67. The van der Waals surface area contributed by atoms with Gasteiger partial charge in [-0.1, -0.05) is 18.2 Å². The lowest BCUT2D eigenvalue weighted by atomic mass is 10.1. The van der Waals surface area contributed by atoms with E-state index in [-0.39, 0.29) is 18.1 Å². The van der Waals surface area contributed by atoms with Gasteiger partial charge in [-0.25, -0.2) is 0 Å². The summed E-state index contributed by atoms with van der Waals surface area (Å²) in [5.41, 5.74) is 0.483. The summed E-state index contributed by atoms with van der Waals surface area (Å²) in [7, 11) is 0. The molecule has 0 aliphatic carbocycles. The Labute approximate surface area is 117 Å². The first-order valence-corrected chi connectivity index (χ1v) is 6.39. The molecule has 0 atom stereocenters. The fourth-order valence-electron chi connectivity index (χ4n) is 1.76. The summed E-state index contributed by atoms with van der Waals surface area (Å²) < 4.78 is 10.5. The largest absolute Gasteiger partial charge is 0.508 e. The predicted molar refractivity (Wildman–Crippen MR) is 75.0 cm³/mol. The van der Waals surface area contributed by atoms with Gasteiger partial charge in [-0.2, -0.15) is 0 Å². The molecule has 0 fully saturated rings. The van der Waals surface area contributed by atoms with E-state index < -0.39 is 0 Å². The van der Waals surface area contributed by atoms with Crippen LogP contribution in [0, 0.1) is 0 Å². The minimum atomic E-state index is -0.375. The minimum absolute atomic E-state index is 0.0195. The molecule has 0 saturated heterocycles. The van der Waals surface area contributed by atoms with Crippen molar-refractivity contribution >= 4 is 5.97 Å². The maximum atomic E-state index is 11.5. The number of ether oxygens (including phenoxy) is 2. The van der Waals surface area contributed by atoms with Gasteiger partial charge in [0, 0.05) is 5.56 Å². The number of benzene rings is 2. The minimum Gasteiger partial charge on any atom is -0.508 e. The van der Waals surface area contributed by atoms with Crippen LogP contribution >= 0.6 is 0 Å². The summed E-state index contributed by atoms with van der Waals surface area (Å²) in [6, 6.07) is 14.1. The SMILES string of the molecule is CCOC(=O)Cc1cc(Oc2ccccc2)ccc1O. The molecule has 2 aromatic rings. The Hall–Kier alpha value is -2.49. The Morgan fingerprint density at radius 2 is 1.85 bits per heavy atom. The van der Waals surface area contributed by atoms with Gasteiger partial charge in [0.2, 0.25) is 0 Å². The number of hydrogen-bond donors (Lipinski definition) is 1.